The van der Waals surface area contributed by atoms with Crippen LogP contribution in [0.15, 0.2) is 34.2 Å². The quantitative estimate of drug-likeness (QED) is 0.731. The van der Waals surface area contributed by atoms with Crippen molar-refractivity contribution < 1.29 is 9.26 Å². The molecule has 0 saturated heterocycles. The van der Waals surface area contributed by atoms with Crippen molar-refractivity contribution in [3.05, 3.63) is 39.7 Å². The summed E-state index contributed by atoms with van der Waals surface area (Å²) in [7, 11) is 1.60. The fraction of sp³-hybridized carbons (Fsp3) is 0.0714. The summed E-state index contributed by atoms with van der Waals surface area (Å²) in [5.74, 6) is 0.938. The zero-order valence-corrected chi connectivity index (χ0v) is 13.2. The van der Waals surface area contributed by atoms with Crippen molar-refractivity contribution in [2.45, 2.75) is 0 Å². The molecular formula is C14H10Cl2N2O2S. The predicted octanol–water partition coefficient (Wildman–Crippen LogP) is 4.97. The van der Waals surface area contributed by atoms with Gasteiger partial charge in [-0.3, -0.25) is 0 Å². The van der Waals surface area contributed by atoms with Crippen molar-refractivity contribution in [2.24, 2.45) is 0 Å². The van der Waals surface area contributed by atoms with Crippen molar-refractivity contribution in [1.29, 1.82) is 0 Å². The summed E-state index contributed by atoms with van der Waals surface area (Å²) in [6, 6.07) is 7.13. The number of aromatic nitrogens is 1. The molecule has 0 amide bonds. The van der Waals surface area contributed by atoms with Crippen LogP contribution in [-0.4, -0.2) is 12.3 Å². The van der Waals surface area contributed by atoms with Gasteiger partial charge >= 0.3 is 0 Å². The van der Waals surface area contributed by atoms with Gasteiger partial charge in [0, 0.05) is 0 Å². The molecule has 0 atom stereocenters. The minimum Gasteiger partial charge on any atom is -0.495 e. The Labute approximate surface area is 135 Å². The predicted molar refractivity (Wildman–Crippen MR) is 86.2 cm³/mol. The maximum absolute atomic E-state index is 6.07. The molecule has 0 aliphatic heterocycles. The highest BCUT2D eigenvalue weighted by Crippen LogP contribution is 2.43. The maximum atomic E-state index is 6.07. The number of nitrogens with two attached hydrogens (primary N) is 1. The van der Waals surface area contributed by atoms with Gasteiger partial charge < -0.3 is 15.0 Å². The third-order valence-electron chi connectivity index (χ3n) is 2.99. The number of nitrogens with zero attached hydrogens (tertiary/aromatic N) is 1. The Bertz CT molecular complexity index is 798. The topological polar surface area (TPSA) is 61.3 Å². The van der Waals surface area contributed by atoms with Gasteiger partial charge in [-0.15, -0.1) is 11.3 Å². The number of hydrogen-bond acceptors (Lipinski definition) is 5. The van der Waals surface area contributed by atoms with Crippen LogP contribution in [0, 0.1) is 0 Å². The summed E-state index contributed by atoms with van der Waals surface area (Å²) < 4.78 is 10.5. The summed E-state index contributed by atoms with van der Waals surface area (Å²) in [6.07, 6.45) is 0. The van der Waals surface area contributed by atoms with Crippen molar-refractivity contribution in [2.75, 3.05) is 12.8 Å². The molecule has 0 saturated carbocycles. The highest BCUT2D eigenvalue weighted by Gasteiger charge is 2.21. The molecule has 0 spiro atoms. The fourth-order valence-electron chi connectivity index (χ4n) is 2.02. The number of methoxy groups -OCH3 is 1. The van der Waals surface area contributed by atoms with Crippen LogP contribution in [0.5, 0.6) is 5.75 Å². The Morgan fingerprint density at radius 1 is 1.24 bits per heavy atom. The molecule has 21 heavy (non-hydrogen) atoms. The molecular weight excluding hydrogens is 331 g/mol. The van der Waals surface area contributed by atoms with Crippen LogP contribution < -0.4 is 10.5 Å². The van der Waals surface area contributed by atoms with Crippen molar-refractivity contribution in [1.82, 2.24) is 5.16 Å². The van der Waals surface area contributed by atoms with Gasteiger partial charge in [-0.2, -0.15) is 0 Å². The largest absolute Gasteiger partial charge is 0.495 e. The van der Waals surface area contributed by atoms with E-state index in [1.807, 2.05) is 17.5 Å². The first-order valence-electron chi connectivity index (χ1n) is 5.94. The van der Waals surface area contributed by atoms with Crippen molar-refractivity contribution >= 4 is 40.4 Å². The molecule has 7 heteroatoms. The zero-order chi connectivity index (χ0) is 15.0. The lowest BCUT2D eigenvalue weighted by Crippen LogP contribution is -1.88. The number of hydrogen-bond donors (Lipinski definition) is 1. The summed E-state index contributed by atoms with van der Waals surface area (Å²) in [6.45, 7) is 0. The molecule has 0 unspecified atom stereocenters. The number of ether oxygens (including phenoxy) is 1. The van der Waals surface area contributed by atoms with Gasteiger partial charge in [0.15, 0.2) is 0 Å². The van der Waals surface area contributed by atoms with Crippen LogP contribution in [0.3, 0.4) is 0 Å². The molecule has 0 aliphatic rings. The first-order valence-corrected chi connectivity index (χ1v) is 7.57. The number of nitrogen functional groups attached to an aromatic ring is 1. The molecule has 1 aromatic carbocycles. The molecule has 0 aliphatic carbocycles. The molecule has 4 nitrogen and oxygen atoms in total. The number of anilines is 1. The monoisotopic (exact) mass is 340 g/mol. The first kappa shape index (κ1) is 14.3. The van der Waals surface area contributed by atoms with E-state index in [-0.39, 0.29) is 5.88 Å². The van der Waals surface area contributed by atoms with Gasteiger partial charge in [0.1, 0.15) is 11.4 Å². The second kappa shape index (κ2) is 5.60. The Morgan fingerprint density at radius 3 is 2.76 bits per heavy atom. The van der Waals surface area contributed by atoms with Crippen LogP contribution >= 0.6 is 34.5 Å². The molecule has 0 fully saturated rings. The number of benzene rings is 1. The van der Waals surface area contributed by atoms with E-state index in [1.54, 1.807) is 19.2 Å². The molecule has 0 radical (unpaired) electrons. The van der Waals surface area contributed by atoms with Gasteiger partial charge in [-0.25, -0.2) is 0 Å². The standard InChI is InChI=1S/C14H10Cl2N2O2S/c1-19-10-4-5-21-13(10)12-11(14(17)20-18-12)7-2-3-8(15)9(16)6-7/h2-6H,17H2,1H3. The van der Waals surface area contributed by atoms with Gasteiger partial charge in [-0.05, 0) is 29.1 Å². The van der Waals surface area contributed by atoms with Crippen LogP contribution in [-0.2, 0) is 0 Å². The summed E-state index contributed by atoms with van der Waals surface area (Å²) in [5, 5.41) is 6.88. The minimum absolute atomic E-state index is 0.221. The van der Waals surface area contributed by atoms with Crippen molar-refractivity contribution in [3.8, 4) is 27.4 Å². The van der Waals surface area contributed by atoms with Gasteiger partial charge in [0.05, 0.1) is 27.6 Å². The Hall–Kier alpha value is -1.69. The average molecular weight is 341 g/mol. The molecule has 2 heterocycles. The first-order chi connectivity index (χ1) is 10.1. The zero-order valence-electron chi connectivity index (χ0n) is 10.9. The molecule has 3 rings (SSSR count). The normalized spacial score (nSPS) is 10.8. The number of thiophene rings is 1. The Balaban J connectivity index is 2.19. The fourth-order valence-corrected chi connectivity index (χ4v) is 3.16. The lowest BCUT2D eigenvalue weighted by molar-refractivity contribution is 0.416. The summed E-state index contributed by atoms with van der Waals surface area (Å²) in [5.41, 5.74) is 8.00. The van der Waals surface area contributed by atoms with Crippen LogP contribution in [0.2, 0.25) is 10.0 Å². The van der Waals surface area contributed by atoms with Crippen molar-refractivity contribution in [3.63, 3.8) is 0 Å². The second-order valence-electron chi connectivity index (χ2n) is 4.22. The van der Waals surface area contributed by atoms with E-state index in [9.17, 15) is 0 Å². The highest BCUT2D eigenvalue weighted by atomic mass is 35.5. The molecule has 108 valence electrons. The summed E-state index contributed by atoms with van der Waals surface area (Å²) >= 11 is 13.5. The molecule has 2 aromatic heterocycles. The number of rotatable bonds is 3. The number of halogens is 2. The van der Waals surface area contributed by atoms with Gasteiger partial charge in [0.25, 0.3) is 0 Å². The molecule has 2 N–H and O–H groups in total. The highest BCUT2D eigenvalue weighted by molar-refractivity contribution is 7.14. The van der Waals surface area contributed by atoms with Crippen LogP contribution in [0.25, 0.3) is 21.7 Å². The third-order valence-corrected chi connectivity index (χ3v) is 4.63. The van der Waals surface area contributed by atoms with E-state index in [0.29, 0.717) is 21.3 Å². The van der Waals surface area contributed by atoms with E-state index in [0.717, 1.165) is 16.2 Å². The SMILES string of the molecule is COc1ccsc1-c1noc(N)c1-c1ccc(Cl)c(Cl)c1. The molecule has 0 bridgehead atoms. The Kier molecular flexibility index (Phi) is 3.80. The molecule has 3 aromatic rings. The summed E-state index contributed by atoms with van der Waals surface area (Å²) in [4.78, 5) is 0.846. The van der Waals surface area contributed by atoms with E-state index < -0.39 is 0 Å². The van der Waals surface area contributed by atoms with E-state index in [4.69, 9.17) is 38.2 Å². The van der Waals surface area contributed by atoms with E-state index >= 15 is 0 Å². The second-order valence-corrected chi connectivity index (χ2v) is 5.95. The van der Waals surface area contributed by atoms with E-state index in [2.05, 4.69) is 5.16 Å². The lowest BCUT2D eigenvalue weighted by atomic mass is 10.0. The lowest BCUT2D eigenvalue weighted by Gasteiger charge is -2.05. The van der Waals surface area contributed by atoms with Gasteiger partial charge in [-0.1, -0.05) is 34.4 Å². The van der Waals surface area contributed by atoms with Crippen LogP contribution in [0.4, 0.5) is 5.88 Å². The Morgan fingerprint density at radius 2 is 2.05 bits per heavy atom. The average Bonchev–Trinajstić information content (AvgIpc) is 3.07. The van der Waals surface area contributed by atoms with Crippen LogP contribution in [0.1, 0.15) is 0 Å². The van der Waals surface area contributed by atoms with Gasteiger partial charge in [0.2, 0.25) is 5.88 Å². The third kappa shape index (κ3) is 2.48. The minimum atomic E-state index is 0.221. The van der Waals surface area contributed by atoms with E-state index in [1.165, 1.54) is 11.3 Å². The maximum Gasteiger partial charge on any atom is 0.230 e. The smallest absolute Gasteiger partial charge is 0.230 e.